The average molecular weight is 347 g/mol. The van der Waals surface area contributed by atoms with Crippen LogP contribution in [0, 0.1) is 18.3 Å². The second kappa shape index (κ2) is 7.04. The van der Waals surface area contributed by atoms with E-state index < -0.39 is 0 Å². The van der Waals surface area contributed by atoms with Gasteiger partial charge in [-0.1, -0.05) is 26.8 Å². The monoisotopic (exact) mass is 347 g/mol. The van der Waals surface area contributed by atoms with Gasteiger partial charge in [0.2, 0.25) is 0 Å². The first-order valence-electron chi connectivity index (χ1n) is 8.52. The summed E-state index contributed by atoms with van der Waals surface area (Å²) in [5.74, 6) is 0.147. The molecule has 1 aliphatic rings. The second-order valence-electron chi connectivity index (χ2n) is 7.64. The van der Waals surface area contributed by atoms with E-state index in [0.29, 0.717) is 11.3 Å². The van der Waals surface area contributed by atoms with E-state index >= 15 is 0 Å². The second-order valence-corrected chi connectivity index (χ2v) is 7.64. The van der Waals surface area contributed by atoms with Gasteiger partial charge in [-0.15, -0.1) is 0 Å². The van der Waals surface area contributed by atoms with Crippen molar-refractivity contribution in [3.8, 4) is 0 Å². The molecule has 3 atom stereocenters. The number of anilines is 1. The lowest BCUT2D eigenvalue weighted by atomic mass is 9.58. The smallest absolute Gasteiger partial charge is 0.319 e. The van der Waals surface area contributed by atoms with Gasteiger partial charge in [-0.05, 0) is 24.6 Å². The van der Waals surface area contributed by atoms with E-state index in [0.717, 1.165) is 5.56 Å². The van der Waals surface area contributed by atoms with E-state index in [1.807, 2.05) is 13.0 Å². The summed E-state index contributed by atoms with van der Waals surface area (Å²) in [5, 5.41) is 5.92. The van der Waals surface area contributed by atoms with Gasteiger partial charge >= 0.3 is 6.03 Å². The molecule has 1 aromatic rings. The van der Waals surface area contributed by atoms with Crippen molar-refractivity contribution in [2.45, 2.75) is 39.8 Å². The van der Waals surface area contributed by atoms with Gasteiger partial charge in [0.1, 0.15) is 0 Å². The Morgan fingerprint density at radius 2 is 1.88 bits per heavy atom. The summed E-state index contributed by atoms with van der Waals surface area (Å²) in [4.78, 5) is 26.1. The Hall–Kier alpha value is -2.08. The van der Waals surface area contributed by atoms with Crippen LogP contribution in [-0.2, 0) is 4.74 Å². The Balaban J connectivity index is 2.09. The van der Waals surface area contributed by atoms with Crippen molar-refractivity contribution in [2.75, 3.05) is 26.5 Å². The molecule has 6 nitrogen and oxygen atoms in total. The van der Waals surface area contributed by atoms with Crippen LogP contribution in [0.3, 0.4) is 0 Å². The summed E-state index contributed by atoms with van der Waals surface area (Å²) < 4.78 is 5.51. The molecule has 2 rings (SSSR count). The average Bonchev–Trinajstić information content (AvgIpc) is 2.54. The number of aryl methyl sites for hydroxylation is 1. The number of nitrogens with zero attached hydrogens (tertiary/aromatic N) is 1. The SMILES string of the molecule is CO[C@@H]1[C@@H](C)[C@H](NC(=O)Nc2cc(C(=O)N(C)C)ccc2C)C1(C)C. The molecule has 2 N–H and O–H groups in total. The van der Waals surface area contributed by atoms with Crippen molar-refractivity contribution >= 4 is 17.6 Å². The first-order valence-corrected chi connectivity index (χ1v) is 8.52. The van der Waals surface area contributed by atoms with Gasteiger partial charge in [0.05, 0.1) is 6.10 Å². The molecule has 138 valence electrons. The fraction of sp³-hybridized carbons (Fsp3) is 0.579. The summed E-state index contributed by atoms with van der Waals surface area (Å²) in [5.41, 5.74) is 1.96. The molecule has 0 radical (unpaired) electrons. The number of rotatable bonds is 4. The number of nitrogens with one attached hydrogen (secondary N) is 2. The number of hydrogen-bond acceptors (Lipinski definition) is 3. The van der Waals surface area contributed by atoms with E-state index in [-0.39, 0.29) is 35.4 Å². The van der Waals surface area contributed by atoms with Crippen LogP contribution in [0.4, 0.5) is 10.5 Å². The van der Waals surface area contributed by atoms with E-state index in [4.69, 9.17) is 4.74 Å². The van der Waals surface area contributed by atoms with E-state index in [1.165, 1.54) is 4.90 Å². The van der Waals surface area contributed by atoms with Crippen molar-refractivity contribution in [2.24, 2.45) is 11.3 Å². The Morgan fingerprint density at radius 1 is 1.24 bits per heavy atom. The molecule has 25 heavy (non-hydrogen) atoms. The molecular weight excluding hydrogens is 318 g/mol. The van der Waals surface area contributed by atoms with E-state index in [1.54, 1.807) is 33.3 Å². The minimum Gasteiger partial charge on any atom is -0.380 e. The number of carbonyl (C=O) groups excluding carboxylic acids is 2. The summed E-state index contributed by atoms with van der Waals surface area (Å²) in [6.45, 7) is 8.16. The van der Waals surface area contributed by atoms with Crippen molar-refractivity contribution in [1.82, 2.24) is 10.2 Å². The zero-order valence-electron chi connectivity index (χ0n) is 16.1. The van der Waals surface area contributed by atoms with Gasteiger partial charge in [-0.25, -0.2) is 4.79 Å². The predicted octanol–water partition coefficient (Wildman–Crippen LogP) is 2.88. The molecule has 1 fully saturated rings. The molecule has 0 aromatic heterocycles. The lowest BCUT2D eigenvalue weighted by Crippen LogP contribution is -2.68. The molecule has 1 aromatic carbocycles. The molecular formula is C19H29N3O3. The highest BCUT2D eigenvalue weighted by atomic mass is 16.5. The number of amides is 3. The highest BCUT2D eigenvalue weighted by molar-refractivity contribution is 5.97. The Morgan fingerprint density at radius 3 is 2.40 bits per heavy atom. The van der Waals surface area contributed by atoms with Crippen LogP contribution in [0.1, 0.15) is 36.7 Å². The normalized spacial score (nSPS) is 24.2. The van der Waals surface area contributed by atoms with Crippen molar-refractivity contribution < 1.29 is 14.3 Å². The summed E-state index contributed by atoms with van der Waals surface area (Å²) in [6, 6.07) is 5.08. The topological polar surface area (TPSA) is 70.7 Å². The molecule has 6 heteroatoms. The van der Waals surface area contributed by atoms with Crippen LogP contribution in [0.25, 0.3) is 0 Å². The minimum absolute atomic E-state index is 0.0318. The molecule has 0 saturated heterocycles. The number of methoxy groups -OCH3 is 1. The summed E-state index contributed by atoms with van der Waals surface area (Å²) in [6.07, 6.45) is 0.126. The largest absolute Gasteiger partial charge is 0.380 e. The summed E-state index contributed by atoms with van der Waals surface area (Å²) in [7, 11) is 5.11. The van der Waals surface area contributed by atoms with Crippen LogP contribution < -0.4 is 10.6 Å². The molecule has 0 unspecified atom stereocenters. The van der Waals surface area contributed by atoms with Crippen molar-refractivity contribution in [3.05, 3.63) is 29.3 Å². The maximum Gasteiger partial charge on any atom is 0.319 e. The zero-order valence-corrected chi connectivity index (χ0v) is 16.1. The first-order chi connectivity index (χ1) is 11.6. The molecule has 1 aliphatic carbocycles. The molecule has 0 heterocycles. The fourth-order valence-corrected chi connectivity index (χ4v) is 3.87. The highest BCUT2D eigenvalue weighted by Gasteiger charge is 2.55. The summed E-state index contributed by atoms with van der Waals surface area (Å²) >= 11 is 0. The number of hydrogen-bond donors (Lipinski definition) is 2. The molecule has 1 saturated carbocycles. The minimum atomic E-state index is -0.267. The Kier molecular flexibility index (Phi) is 5.42. The highest BCUT2D eigenvalue weighted by Crippen LogP contribution is 2.46. The van der Waals surface area contributed by atoms with Crippen LogP contribution >= 0.6 is 0 Å². The van der Waals surface area contributed by atoms with E-state index in [9.17, 15) is 9.59 Å². The van der Waals surface area contributed by atoms with Gasteiger partial charge < -0.3 is 20.3 Å². The Bertz CT molecular complexity index is 670. The standard InChI is InChI=1S/C19H29N3O3/c1-11-8-9-13(17(23)22(5)6)10-14(11)20-18(24)21-15-12(2)16(25-7)19(15,3)4/h8-10,12,15-16H,1-7H3,(H2,20,21,24)/t12-,15-,16+/m0/s1. The molecule has 0 bridgehead atoms. The third kappa shape index (κ3) is 3.63. The van der Waals surface area contributed by atoms with Crippen LogP contribution in [0.5, 0.6) is 0 Å². The number of carbonyl (C=O) groups is 2. The van der Waals surface area contributed by atoms with Gasteiger partial charge in [0, 0.05) is 49.8 Å². The fourth-order valence-electron chi connectivity index (χ4n) is 3.87. The molecule has 3 amide bonds. The third-order valence-corrected chi connectivity index (χ3v) is 5.22. The maximum atomic E-state index is 12.5. The number of benzene rings is 1. The van der Waals surface area contributed by atoms with Crippen LogP contribution in [0.2, 0.25) is 0 Å². The van der Waals surface area contributed by atoms with E-state index in [2.05, 4.69) is 31.4 Å². The van der Waals surface area contributed by atoms with Crippen molar-refractivity contribution in [3.63, 3.8) is 0 Å². The van der Waals surface area contributed by atoms with Crippen LogP contribution in [-0.4, -0.2) is 50.2 Å². The molecule has 0 spiro atoms. The number of urea groups is 1. The third-order valence-electron chi connectivity index (χ3n) is 5.22. The first kappa shape index (κ1) is 19.2. The molecule has 0 aliphatic heterocycles. The van der Waals surface area contributed by atoms with Gasteiger partial charge in [0.25, 0.3) is 5.91 Å². The van der Waals surface area contributed by atoms with Crippen LogP contribution in [0.15, 0.2) is 18.2 Å². The zero-order chi connectivity index (χ0) is 18.9. The predicted molar refractivity (Wildman–Crippen MR) is 98.9 cm³/mol. The van der Waals surface area contributed by atoms with Crippen molar-refractivity contribution in [1.29, 1.82) is 0 Å². The van der Waals surface area contributed by atoms with Gasteiger partial charge in [-0.3, -0.25) is 4.79 Å². The quantitative estimate of drug-likeness (QED) is 0.880. The lowest BCUT2D eigenvalue weighted by molar-refractivity contribution is -0.140. The number of ether oxygens (including phenoxy) is 1. The lowest BCUT2D eigenvalue weighted by Gasteiger charge is -2.56. The Labute approximate surface area is 149 Å². The maximum absolute atomic E-state index is 12.5. The van der Waals surface area contributed by atoms with Gasteiger partial charge in [0.15, 0.2) is 0 Å². The van der Waals surface area contributed by atoms with Gasteiger partial charge in [-0.2, -0.15) is 0 Å².